The van der Waals surface area contributed by atoms with Crippen molar-refractivity contribution < 1.29 is 9.59 Å². The Morgan fingerprint density at radius 1 is 1.06 bits per heavy atom. The molecule has 1 unspecified atom stereocenters. The Morgan fingerprint density at radius 2 is 1.75 bits per heavy atom. The van der Waals surface area contributed by atoms with E-state index in [9.17, 15) is 9.59 Å². The Morgan fingerprint density at radius 3 is 2.31 bits per heavy atom. The second-order valence-corrected chi connectivity index (χ2v) is 4.30. The topological polar surface area (TPSA) is 58.2 Å². The highest BCUT2D eigenvalue weighted by Gasteiger charge is 2.35. The summed E-state index contributed by atoms with van der Waals surface area (Å²) in [6.07, 6.45) is 2.36. The van der Waals surface area contributed by atoms with E-state index in [0.717, 1.165) is 5.56 Å². The van der Waals surface area contributed by atoms with Gasteiger partial charge in [-0.05, 0) is 29.9 Å². The maximum atomic E-state index is 11.6. The molecule has 0 bridgehead atoms. The van der Waals surface area contributed by atoms with Gasteiger partial charge in [-0.2, -0.15) is 0 Å². The quantitative estimate of drug-likeness (QED) is 0.735. The number of hydrogen-bond acceptors (Lipinski definition) is 2. The smallest absolute Gasteiger partial charge is 0.322 e. The lowest BCUT2D eigenvalue weighted by molar-refractivity contribution is -0.120. The van der Waals surface area contributed by atoms with Gasteiger partial charge in [0.1, 0.15) is 6.04 Å². The van der Waals surface area contributed by atoms with Crippen LogP contribution >= 0.6 is 0 Å². The summed E-state index contributed by atoms with van der Waals surface area (Å²) in [5.74, 6) is 0.319. The lowest BCUT2D eigenvalue weighted by Crippen LogP contribution is -2.22. The molecule has 1 aromatic rings. The first kappa shape index (κ1) is 9.39. The summed E-state index contributed by atoms with van der Waals surface area (Å²) in [7, 11) is 0. The zero-order valence-electron chi connectivity index (χ0n) is 8.69. The van der Waals surface area contributed by atoms with Crippen molar-refractivity contribution >= 4 is 11.9 Å². The summed E-state index contributed by atoms with van der Waals surface area (Å²) < 4.78 is 0. The number of rotatable bonds is 2. The molecule has 4 nitrogen and oxygen atoms in total. The fourth-order valence-electron chi connectivity index (χ4n) is 2.18. The predicted octanol–water partition coefficient (Wildman–Crippen LogP) is 1.44. The Labute approximate surface area is 93.0 Å². The average molecular weight is 216 g/mol. The van der Waals surface area contributed by atoms with E-state index in [4.69, 9.17) is 0 Å². The molecule has 0 aromatic heterocycles. The molecule has 0 spiro atoms. The Bertz CT molecular complexity index is 466. The van der Waals surface area contributed by atoms with E-state index in [1.165, 1.54) is 18.4 Å². The van der Waals surface area contributed by atoms with Crippen molar-refractivity contribution in [2.75, 3.05) is 0 Å². The van der Waals surface area contributed by atoms with Crippen LogP contribution in [-0.2, 0) is 4.79 Å². The van der Waals surface area contributed by atoms with Gasteiger partial charge in [-0.1, -0.05) is 24.3 Å². The largest absolute Gasteiger partial charge is 0.322 e. The fourth-order valence-corrected chi connectivity index (χ4v) is 2.18. The molecule has 82 valence electrons. The molecule has 1 heterocycles. The van der Waals surface area contributed by atoms with Crippen molar-refractivity contribution in [3.63, 3.8) is 0 Å². The first-order valence-corrected chi connectivity index (χ1v) is 5.46. The van der Waals surface area contributed by atoms with E-state index in [1.807, 2.05) is 24.3 Å². The highest BCUT2D eigenvalue weighted by molar-refractivity contribution is 6.04. The third-order valence-corrected chi connectivity index (χ3v) is 3.10. The van der Waals surface area contributed by atoms with Crippen LogP contribution in [0.4, 0.5) is 4.79 Å². The van der Waals surface area contributed by atoms with Gasteiger partial charge in [0.15, 0.2) is 0 Å². The van der Waals surface area contributed by atoms with Gasteiger partial charge in [-0.25, -0.2) is 4.79 Å². The highest BCUT2D eigenvalue weighted by atomic mass is 16.2. The van der Waals surface area contributed by atoms with Crippen molar-refractivity contribution in [3.05, 3.63) is 35.4 Å². The van der Waals surface area contributed by atoms with Crippen LogP contribution in [0.1, 0.15) is 35.9 Å². The van der Waals surface area contributed by atoms with Gasteiger partial charge in [0, 0.05) is 0 Å². The van der Waals surface area contributed by atoms with E-state index in [-0.39, 0.29) is 5.91 Å². The summed E-state index contributed by atoms with van der Waals surface area (Å²) in [5, 5.41) is 4.91. The van der Waals surface area contributed by atoms with Crippen molar-refractivity contribution in [3.8, 4) is 0 Å². The molecular weight excluding hydrogens is 204 g/mol. The number of hydrogen-bond donors (Lipinski definition) is 2. The maximum Gasteiger partial charge on any atom is 0.322 e. The molecule has 2 aliphatic rings. The van der Waals surface area contributed by atoms with Gasteiger partial charge >= 0.3 is 6.03 Å². The lowest BCUT2D eigenvalue weighted by atomic mass is 9.97. The number of carbonyl (C=O) groups excluding carboxylic acids is 2. The number of nitrogens with one attached hydrogen (secondary N) is 2. The maximum absolute atomic E-state index is 11.6. The van der Waals surface area contributed by atoms with Crippen molar-refractivity contribution in [2.45, 2.75) is 24.8 Å². The fraction of sp³-hybridized carbons (Fsp3) is 0.333. The molecule has 1 saturated carbocycles. The van der Waals surface area contributed by atoms with Crippen molar-refractivity contribution in [1.82, 2.24) is 10.6 Å². The lowest BCUT2D eigenvalue weighted by Gasteiger charge is -2.12. The molecule has 1 aliphatic heterocycles. The number of amides is 3. The Balaban J connectivity index is 1.99. The molecule has 2 fully saturated rings. The normalized spacial score (nSPS) is 24.1. The molecular formula is C12H12N2O2. The van der Waals surface area contributed by atoms with Gasteiger partial charge in [-0.3, -0.25) is 10.1 Å². The van der Waals surface area contributed by atoms with Gasteiger partial charge in [-0.15, -0.1) is 0 Å². The van der Waals surface area contributed by atoms with Crippen LogP contribution in [0.3, 0.4) is 0 Å². The van der Waals surface area contributed by atoms with Crippen molar-refractivity contribution in [2.24, 2.45) is 0 Å². The number of urea groups is 1. The van der Waals surface area contributed by atoms with Gasteiger partial charge in [0.05, 0.1) is 0 Å². The molecule has 1 aromatic carbocycles. The highest BCUT2D eigenvalue weighted by Crippen LogP contribution is 2.43. The molecule has 1 aliphatic carbocycles. The first-order chi connectivity index (χ1) is 7.75. The predicted molar refractivity (Wildman–Crippen MR) is 57.8 cm³/mol. The standard InChI is InChI=1S/C12H12N2O2/c15-11-10(13-12(16)14-11)9-4-2-1-3-8(9)7-5-6-7/h1-4,7,10H,5-6H2,(H2,13,14,15,16). The van der Waals surface area contributed by atoms with Crippen LogP contribution in [0.15, 0.2) is 24.3 Å². The van der Waals surface area contributed by atoms with Crippen LogP contribution in [0.2, 0.25) is 0 Å². The minimum absolute atomic E-state index is 0.252. The summed E-state index contributed by atoms with van der Waals surface area (Å²) in [5.41, 5.74) is 2.14. The summed E-state index contributed by atoms with van der Waals surface area (Å²) in [4.78, 5) is 22.7. The van der Waals surface area contributed by atoms with Gasteiger partial charge < -0.3 is 5.32 Å². The number of carbonyl (C=O) groups is 2. The number of imide groups is 1. The van der Waals surface area contributed by atoms with Gasteiger partial charge in [0.2, 0.25) is 0 Å². The molecule has 1 saturated heterocycles. The van der Waals surface area contributed by atoms with Gasteiger partial charge in [0.25, 0.3) is 5.91 Å². The van der Waals surface area contributed by atoms with Crippen LogP contribution in [-0.4, -0.2) is 11.9 Å². The number of benzene rings is 1. The second-order valence-electron chi connectivity index (χ2n) is 4.30. The van der Waals surface area contributed by atoms with Crippen molar-refractivity contribution in [1.29, 1.82) is 0 Å². The zero-order chi connectivity index (χ0) is 11.1. The molecule has 0 radical (unpaired) electrons. The summed E-state index contributed by atoms with van der Waals surface area (Å²) in [6.45, 7) is 0. The average Bonchev–Trinajstić information content (AvgIpc) is 3.05. The zero-order valence-corrected chi connectivity index (χ0v) is 8.69. The minimum Gasteiger partial charge on any atom is -0.322 e. The van der Waals surface area contributed by atoms with E-state index in [1.54, 1.807) is 0 Å². The molecule has 3 rings (SSSR count). The Kier molecular flexibility index (Phi) is 1.96. The molecule has 16 heavy (non-hydrogen) atoms. The third kappa shape index (κ3) is 1.46. The van der Waals surface area contributed by atoms with E-state index < -0.39 is 12.1 Å². The first-order valence-electron chi connectivity index (χ1n) is 5.46. The third-order valence-electron chi connectivity index (χ3n) is 3.10. The van der Waals surface area contributed by atoms with E-state index in [2.05, 4.69) is 10.6 Å². The van der Waals surface area contributed by atoms with E-state index in [0.29, 0.717) is 5.92 Å². The second kappa shape index (κ2) is 3.33. The SMILES string of the molecule is O=C1NC(=O)C(c2ccccc2C2CC2)N1. The summed E-state index contributed by atoms with van der Waals surface area (Å²) >= 11 is 0. The minimum atomic E-state index is -0.510. The van der Waals surface area contributed by atoms with Crippen LogP contribution < -0.4 is 10.6 Å². The molecule has 4 heteroatoms. The molecule has 1 atom stereocenters. The monoisotopic (exact) mass is 216 g/mol. The molecule has 3 amide bonds. The van der Waals surface area contributed by atoms with Crippen LogP contribution in [0.5, 0.6) is 0 Å². The summed E-state index contributed by atoms with van der Waals surface area (Å²) in [6, 6.07) is 6.93. The van der Waals surface area contributed by atoms with Crippen LogP contribution in [0.25, 0.3) is 0 Å². The van der Waals surface area contributed by atoms with E-state index >= 15 is 0 Å². The van der Waals surface area contributed by atoms with Crippen LogP contribution in [0, 0.1) is 0 Å². The molecule has 2 N–H and O–H groups in total. The Hall–Kier alpha value is -1.84.